The molecule has 0 aliphatic carbocycles. The molecular weight excluding hydrogens is 192 g/mol. The molecule has 0 spiro atoms. The van der Waals surface area contributed by atoms with E-state index in [9.17, 15) is 4.79 Å². The van der Waals surface area contributed by atoms with Gasteiger partial charge in [0.2, 0.25) is 0 Å². The number of pyridine rings is 1. The number of rotatable bonds is 4. The number of hydrogen-bond donors (Lipinski definition) is 1. The largest absolute Gasteiger partial charge is 0.465 e. The van der Waals surface area contributed by atoms with Crippen LogP contribution >= 0.6 is 0 Å². The maximum Gasteiger partial charge on any atom is 0.327 e. The first kappa shape index (κ1) is 11.7. The van der Waals surface area contributed by atoms with Gasteiger partial charge in [-0.1, -0.05) is 0 Å². The molecular formula is C11H16N2O2. The fourth-order valence-electron chi connectivity index (χ4n) is 1.40. The van der Waals surface area contributed by atoms with Gasteiger partial charge in [-0.2, -0.15) is 0 Å². The van der Waals surface area contributed by atoms with Crippen LogP contribution in [0.1, 0.15) is 24.1 Å². The number of ether oxygens (including phenoxy) is 1. The summed E-state index contributed by atoms with van der Waals surface area (Å²) in [5, 5.41) is 2.93. The SMILES string of the molecule is CCOC(=O)C(NC)c1cnccc1C. The van der Waals surface area contributed by atoms with Crippen LogP contribution in [0.5, 0.6) is 0 Å². The third-order valence-electron chi connectivity index (χ3n) is 2.20. The van der Waals surface area contributed by atoms with E-state index in [2.05, 4.69) is 10.3 Å². The number of carbonyl (C=O) groups excluding carboxylic acids is 1. The third kappa shape index (κ3) is 2.76. The lowest BCUT2D eigenvalue weighted by molar-refractivity contribution is -0.145. The Labute approximate surface area is 89.7 Å². The molecule has 1 aromatic heterocycles. The minimum atomic E-state index is -0.432. The fraction of sp³-hybridized carbons (Fsp3) is 0.455. The van der Waals surface area contributed by atoms with Gasteiger partial charge in [-0.25, -0.2) is 4.79 Å². The molecule has 15 heavy (non-hydrogen) atoms. The molecule has 0 fully saturated rings. The van der Waals surface area contributed by atoms with Gasteiger partial charge >= 0.3 is 5.97 Å². The van der Waals surface area contributed by atoms with E-state index >= 15 is 0 Å². The maximum absolute atomic E-state index is 11.6. The van der Waals surface area contributed by atoms with E-state index in [0.29, 0.717) is 6.61 Å². The van der Waals surface area contributed by atoms with Crippen molar-refractivity contribution in [2.75, 3.05) is 13.7 Å². The number of carbonyl (C=O) groups is 1. The molecule has 82 valence electrons. The van der Waals surface area contributed by atoms with Crippen LogP contribution in [0.2, 0.25) is 0 Å². The zero-order valence-corrected chi connectivity index (χ0v) is 9.28. The topological polar surface area (TPSA) is 51.2 Å². The number of esters is 1. The molecule has 1 rings (SSSR count). The van der Waals surface area contributed by atoms with E-state index in [1.807, 2.05) is 13.0 Å². The van der Waals surface area contributed by atoms with Gasteiger partial charge in [-0.15, -0.1) is 0 Å². The molecule has 1 N–H and O–H groups in total. The van der Waals surface area contributed by atoms with Crippen LogP contribution in [0.4, 0.5) is 0 Å². The number of nitrogens with one attached hydrogen (secondary N) is 1. The van der Waals surface area contributed by atoms with Crippen molar-refractivity contribution in [3.63, 3.8) is 0 Å². The number of hydrogen-bond acceptors (Lipinski definition) is 4. The summed E-state index contributed by atoms with van der Waals surface area (Å²) in [5.74, 6) is -0.267. The zero-order valence-electron chi connectivity index (χ0n) is 9.28. The first-order valence-electron chi connectivity index (χ1n) is 4.95. The Morgan fingerprint density at radius 2 is 2.40 bits per heavy atom. The van der Waals surface area contributed by atoms with Crippen LogP contribution in [-0.4, -0.2) is 24.6 Å². The van der Waals surface area contributed by atoms with Crippen molar-refractivity contribution in [1.29, 1.82) is 0 Å². The second-order valence-corrected chi connectivity index (χ2v) is 3.21. The van der Waals surface area contributed by atoms with Gasteiger partial charge in [-0.05, 0) is 32.5 Å². The number of nitrogens with zero attached hydrogens (tertiary/aromatic N) is 1. The molecule has 1 atom stereocenters. The molecule has 4 nitrogen and oxygen atoms in total. The van der Waals surface area contributed by atoms with Gasteiger partial charge in [0, 0.05) is 18.0 Å². The molecule has 0 saturated heterocycles. The lowest BCUT2D eigenvalue weighted by atomic mass is 10.0. The Bertz CT molecular complexity index is 339. The van der Waals surface area contributed by atoms with Crippen LogP contribution in [0.15, 0.2) is 18.5 Å². The molecule has 0 radical (unpaired) electrons. The minimum Gasteiger partial charge on any atom is -0.465 e. The van der Waals surface area contributed by atoms with Crippen LogP contribution in [0.25, 0.3) is 0 Å². The first-order chi connectivity index (χ1) is 7.20. The lowest BCUT2D eigenvalue weighted by Crippen LogP contribution is -2.28. The van der Waals surface area contributed by atoms with Crippen molar-refractivity contribution >= 4 is 5.97 Å². The summed E-state index contributed by atoms with van der Waals surface area (Å²) < 4.78 is 4.98. The smallest absolute Gasteiger partial charge is 0.327 e. The molecule has 0 saturated carbocycles. The van der Waals surface area contributed by atoms with Crippen molar-refractivity contribution < 1.29 is 9.53 Å². The van der Waals surface area contributed by atoms with Gasteiger partial charge in [0.25, 0.3) is 0 Å². The Hall–Kier alpha value is -1.42. The average Bonchev–Trinajstić information content (AvgIpc) is 2.22. The molecule has 1 heterocycles. The Balaban J connectivity index is 2.92. The van der Waals surface area contributed by atoms with E-state index in [1.165, 1.54) is 0 Å². The monoisotopic (exact) mass is 208 g/mol. The fourth-order valence-corrected chi connectivity index (χ4v) is 1.40. The molecule has 1 aromatic rings. The lowest BCUT2D eigenvalue weighted by Gasteiger charge is -2.16. The van der Waals surface area contributed by atoms with Gasteiger partial charge in [0.1, 0.15) is 6.04 Å². The van der Waals surface area contributed by atoms with Crippen molar-refractivity contribution in [1.82, 2.24) is 10.3 Å². The summed E-state index contributed by atoms with van der Waals surface area (Å²) in [6.07, 6.45) is 3.39. The highest BCUT2D eigenvalue weighted by molar-refractivity contribution is 5.78. The molecule has 0 bridgehead atoms. The Kier molecular flexibility index (Phi) is 4.24. The second kappa shape index (κ2) is 5.46. The standard InChI is InChI=1S/C11H16N2O2/c1-4-15-11(14)10(12-3)9-7-13-6-5-8(9)2/h5-7,10,12H,4H2,1-3H3. The van der Waals surface area contributed by atoms with E-state index in [-0.39, 0.29) is 5.97 Å². The zero-order chi connectivity index (χ0) is 11.3. The van der Waals surface area contributed by atoms with Crippen LogP contribution in [0.3, 0.4) is 0 Å². The van der Waals surface area contributed by atoms with E-state index < -0.39 is 6.04 Å². The number of aromatic nitrogens is 1. The van der Waals surface area contributed by atoms with Crippen LogP contribution < -0.4 is 5.32 Å². The Morgan fingerprint density at radius 3 is 2.93 bits per heavy atom. The quantitative estimate of drug-likeness (QED) is 0.756. The van der Waals surface area contributed by atoms with Gasteiger partial charge in [-0.3, -0.25) is 4.98 Å². The summed E-state index contributed by atoms with van der Waals surface area (Å²) in [4.78, 5) is 15.6. The average molecular weight is 208 g/mol. The molecule has 0 aromatic carbocycles. The summed E-state index contributed by atoms with van der Waals surface area (Å²) in [6.45, 7) is 4.12. The first-order valence-corrected chi connectivity index (χ1v) is 4.95. The Morgan fingerprint density at radius 1 is 1.67 bits per heavy atom. The van der Waals surface area contributed by atoms with Crippen LogP contribution in [-0.2, 0) is 9.53 Å². The highest BCUT2D eigenvalue weighted by atomic mass is 16.5. The van der Waals surface area contributed by atoms with Crippen molar-refractivity contribution in [2.24, 2.45) is 0 Å². The van der Waals surface area contributed by atoms with Crippen molar-refractivity contribution in [3.8, 4) is 0 Å². The van der Waals surface area contributed by atoms with Crippen molar-refractivity contribution in [2.45, 2.75) is 19.9 Å². The third-order valence-corrected chi connectivity index (χ3v) is 2.20. The predicted molar refractivity (Wildman–Crippen MR) is 57.4 cm³/mol. The normalized spacial score (nSPS) is 12.2. The van der Waals surface area contributed by atoms with E-state index in [4.69, 9.17) is 4.74 Å². The predicted octanol–water partition coefficient (Wildman–Crippen LogP) is 1.21. The molecule has 0 amide bonds. The van der Waals surface area contributed by atoms with E-state index in [1.54, 1.807) is 26.4 Å². The highest BCUT2D eigenvalue weighted by Crippen LogP contribution is 2.17. The summed E-state index contributed by atoms with van der Waals surface area (Å²) >= 11 is 0. The summed E-state index contributed by atoms with van der Waals surface area (Å²) in [7, 11) is 1.73. The summed E-state index contributed by atoms with van der Waals surface area (Å²) in [5.41, 5.74) is 1.89. The number of likely N-dealkylation sites (N-methyl/N-ethyl adjacent to an activating group) is 1. The van der Waals surface area contributed by atoms with Crippen molar-refractivity contribution in [3.05, 3.63) is 29.6 Å². The molecule has 0 aliphatic heterocycles. The van der Waals surface area contributed by atoms with Gasteiger partial charge in [0.15, 0.2) is 0 Å². The van der Waals surface area contributed by atoms with Gasteiger partial charge in [0.05, 0.1) is 6.61 Å². The number of aryl methyl sites for hydroxylation is 1. The second-order valence-electron chi connectivity index (χ2n) is 3.21. The minimum absolute atomic E-state index is 0.267. The van der Waals surface area contributed by atoms with Crippen LogP contribution in [0, 0.1) is 6.92 Å². The van der Waals surface area contributed by atoms with Gasteiger partial charge < -0.3 is 10.1 Å². The summed E-state index contributed by atoms with van der Waals surface area (Å²) in [6, 6.07) is 1.44. The molecule has 4 heteroatoms. The maximum atomic E-state index is 11.6. The molecule has 1 unspecified atom stereocenters. The van der Waals surface area contributed by atoms with E-state index in [0.717, 1.165) is 11.1 Å². The molecule has 0 aliphatic rings. The highest BCUT2D eigenvalue weighted by Gasteiger charge is 2.21.